The summed E-state index contributed by atoms with van der Waals surface area (Å²) in [7, 11) is 0. The lowest BCUT2D eigenvalue weighted by Gasteiger charge is -2.20. The van der Waals surface area contributed by atoms with Crippen LogP contribution in [0.1, 0.15) is 51.9 Å². The van der Waals surface area contributed by atoms with Gasteiger partial charge in [0.05, 0.1) is 13.2 Å². The van der Waals surface area contributed by atoms with E-state index in [9.17, 15) is 10.2 Å². The van der Waals surface area contributed by atoms with E-state index in [1.54, 1.807) is 0 Å². The molecular weight excluding hydrogens is 284 g/mol. The highest BCUT2D eigenvalue weighted by atomic mass is 16.6. The van der Waals surface area contributed by atoms with Gasteiger partial charge in [-0.3, -0.25) is 0 Å². The summed E-state index contributed by atoms with van der Waals surface area (Å²) in [6.07, 6.45) is 9.48. The van der Waals surface area contributed by atoms with Crippen LogP contribution in [0.3, 0.4) is 0 Å². The number of ether oxygens (including phenoxy) is 2. The largest absolute Gasteiger partial charge is 0.394 e. The molecule has 1 rings (SSSR count). The predicted molar refractivity (Wildman–Crippen MR) is 85.7 cm³/mol. The molecule has 5 nitrogen and oxygen atoms in total. The maximum atomic E-state index is 9.96. The highest BCUT2D eigenvalue weighted by molar-refractivity contribution is 4.88. The minimum atomic E-state index is -1.05. The topological polar surface area (TPSA) is 79.2 Å². The predicted octanol–water partition coefficient (Wildman–Crippen LogP) is 1.79. The van der Waals surface area contributed by atoms with E-state index in [-0.39, 0.29) is 6.61 Å². The molecule has 3 N–H and O–H groups in total. The van der Waals surface area contributed by atoms with Crippen molar-refractivity contribution in [3.63, 3.8) is 0 Å². The first kappa shape index (κ1) is 19.6. The number of hydrogen-bond donors (Lipinski definition) is 3. The number of aliphatic hydroxyl groups is 3. The van der Waals surface area contributed by atoms with Crippen LogP contribution in [-0.4, -0.2) is 59.6 Å². The Morgan fingerprint density at radius 1 is 1.18 bits per heavy atom. The van der Waals surface area contributed by atoms with E-state index in [1.165, 1.54) is 25.7 Å². The zero-order valence-electron chi connectivity index (χ0n) is 13.7. The molecule has 1 heterocycles. The van der Waals surface area contributed by atoms with Crippen molar-refractivity contribution in [3.8, 4) is 0 Å². The lowest BCUT2D eigenvalue weighted by molar-refractivity contribution is -0.0730. The quantitative estimate of drug-likeness (QED) is 0.378. The van der Waals surface area contributed by atoms with Crippen LogP contribution in [0, 0.1) is 0 Å². The van der Waals surface area contributed by atoms with Gasteiger partial charge in [-0.25, -0.2) is 0 Å². The fourth-order valence-corrected chi connectivity index (χ4v) is 2.55. The first-order valence-electron chi connectivity index (χ1n) is 8.55. The van der Waals surface area contributed by atoms with Gasteiger partial charge in [-0.2, -0.15) is 0 Å². The van der Waals surface area contributed by atoms with Crippen LogP contribution >= 0.6 is 0 Å². The van der Waals surface area contributed by atoms with Crippen LogP contribution < -0.4 is 0 Å². The van der Waals surface area contributed by atoms with Gasteiger partial charge in [-0.15, -0.1) is 0 Å². The van der Waals surface area contributed by atoms with Crippen molar-refractivity contribution in [1.82, 2.24) is 0 Å². The van der Waals surface area contributed by atoms with Crippen molar-refractivity contribution in [2.45, 2.75) is 76.3 Å². The summed E-state index contributed by atoms with van der Waals surface area (Å²) in [5, 5.41) is 28.3. The van der Waals surface area contributed by atoms with Crippen molar-refractivity contribution in [3.05, 3.63) is 12.2 Å². The number of aliphatic hydroxyl groups excluding tert-OH is 3. The fraction of sp³-hybridized carbons (Fsp3) is 0.882. The summed E-state index contributed by atoms with van der Waals surface area (Å²) in [6, 6.07) is 0. The highest BCUT2D eigenvalue weighted by Gasteiger charge is 2.40. The molecule has 5 heteroatoms. The van der Waals surface area contributed by atoms with Crippen molar-refractivity contribution in [1.29, 1.82) is 0 Å². The molecule has 22 heavy (non-hydrogen) atoms. The van der Waals surface area contributed by atoms with Gasteiger partial charge in [-0.1, -0.05) is 31.9 Å². The average molecular weight is 316 g/mol. The molecule has 1 aliphatic rings. The van der Waals surface area contributed by atoms with E-state index in [4.69, 9.17) is 14.6 Å². The van der Waals surface area contributed by atoms with Crippen molar-refractivity contribution >= 4 is 0 Å². The van der Waals surface area contributed by atoms with Gasteiger partial charge in [0.2, 0.25) is 0 Å². The highest BCUT2D eigenvalue weighted by Crippen LogP contribution is 2.20. The van der Waals surface area contributed by atoms with E-state index >= 15 is 0 Å². The van der Waals surface area contributed by atoms with Crippen molar-refractivity contribution < 1.29 is 24.8 Å². The second kappa shape index (κ2) is 12.0. The summed E-state index contributed by atoms with van der Waals surface area (Å²) in [5.41, 5.74) is 0. The molecular formula is C17H32O5. The third kappa shape index (κ3) is 7.20. The normalized spacial score (nSPS) is 26.8. The molecule has 0 bridgehead atoms. The van der Waals surface area contributed by atoms with Crippen LogP contribution in [0.5, 0.6) is 0 Å². The molecule has 0 radical (unpaired) electrons. The molecule has 4 atom stereocenters. The Balaban J connectivity index is 2.01. The molecule has 1 saturated heterocycles. The number of hydrogen-bond acceptors (Lipinski definition) is 5. The SMILES string of the molecule is CCCCC/C=C/CCCCO[C@H]1CO[C@@H]([C@H](O)CO)[C@H]1O. The first-order valence-corrected chi connectivity index (χ1v) is 8.55. The van der Waals surface area contributed by atoms with Gasteiger partial charge in [0.25, 0.3) is 0 Å². The van der Waals surface area contributed by atoms with E-state index in [0.717, 1.165) is 19.3 Å². The molecule has 0 aromatic carbocycles. The molecule has 1 fully saturated rings. The average Bonchev–Trinajstić information content (AvgIpc) is 2.89. The van der Waals surface area contributed by atoms with Gasteiger partial charge in [0.15, 0.2) is 0 Å². The van der Waals surface area contributed by atoms with E-state index in [0.29, 0.717) is 6.61 Å². The molecule has 0 aliphatic carbocycles. The standard InChI is InChI=1S/C17H32O5/c1-2-3-4-5-6-7-8-9-10-11-21-15-13-22-17(16(15)20)14(19)12-18/h6-7,14-20H,2-5,8-13H2,1H3/b7-6+/t14-,15+,16+,17+/m1/s1. The van der Waals surface area contributed by atoms with Crippen LogP contribution in [0.25, 0.3) is 0 Å². The van der Waals surface area contributed by atoms with Crippen LogP contribution in [0.2, 0.25) is 0 Å². The lowest BCUT2D eigenvalue weighted by atomic mass is 10.1. The van der Waals surface area contributed by atoms with Crippen molar-refractivity contribution in [2.75, 3.05) is 19.8 Å². The molecule has 130 valence electrons. The van der Waals surface area contributed by atoms with Gasteiger partial charge in [-0.05, 0) is 32.1 Å². The Morgan fingerprint density at radius 2 is 1.86 bits per heavy atom. The summed E-state index contributed by atoms with van der Waals surface area (Å²) >= 11 is 0. The molecule has 0 amide bonds. The van der Waals surface area contributed by atoms with E-state index < -0.39 is 31.0 Å². The van der Waals surface area contributed by atoms with E-state index in [1.807, 2.05) is 0 Å². The Kier molecular flexibility index (Phi) is 10.7. The van der Waals surface area contributed by atoms with Crippen molar-refractivity contribution in [2.24, 2.45) is 0 Å². The number of allylic oxidation sites excluding steroid dienone is 2. The summed E-state index contributed by atoms with van der Waals surface area (Å²) < 4.78 is 10.9. The Bertz CT molecular complexity index is 295. The molecule has 1 aliphatic heterocycles. The Morgan fingerprint density at radius 3 is 2.50 bits per heavy atom. The summed E-state index contributed by atoms with van der Waals surface area (Å²) in [4.78, 5) is 0. The zero-order valence-corrected chi connectivity index (χ0v) is 13.7. The van der Waals surface area contributed by atoms with Crippen LogP contribution in [0.4, 0.5) is 0 Å². The third-order valence-corrected chi connectivity index (χ3v) is 3.97. The summed E-state index contributed by atoms with van der Waals surface area (Å²) in [5.74, 6) is 0. The second-order valence-corrected chi connectivity index (χ2v) is 5.91. The Hall–Kier alpha value is -0.460. The smallest absolute Gasteiger partial charge is 0.114 e. The maximum absolute atomic E-state index is 9.96. The van der Waals surface area contributed by atoms with Crippen LogP contribution in [-0.2, 0) is 9.47 Å². The number of unbranched alkanes of at least 4 members (excludes halogenated alkanes) is 5. The molecule has 0 unspecified atom stereocenters. The first-order chi connectivity index (χ1) is 10.7. The van der Waals surface area contributed by atoms with E-state index in [2.05, 4.69) is 19.1 Å². The molecule has 0 aromatic rings. The summed E-state index contributed by atoms with van der Waals surface area (Å²) in [6.45, 7) is 2.64. The van der Waals surface area contributed by atoms with Crippen LogP contribution in [0.15, 0.2) is 12.2 Å². The lowest BCUT2D eigenvalue weighted by Crippen LogP contribution is -2.41. The second-order valence-electron chi connectivity index (χ2n) is 5.91. The molecule has 0 aromatic heterocycles. The minimum absolute atomic E-state index is 0.264. The van der Waals surface area contributed by atoms with Gasteiger partial charge in [0.1, 0.15) is 24.4 Å². The molecule has 0 spiro atoms. The van der Waals surface area contributed by atoms with Gasteiger partial charge < -0.3 is 24.8 Å². The monoisotopic (exact) mass is 316 g/mol. The zero-order chi connectivity index (χ0) is 16.2. The maximum Gasteiger partial charge on any atom is 0.114 e. The fourth-order valence-electron chi connectivity index (χ4n) is 2.55. The van der Waals surface area contributed by atoms with Gasteiger partial charge in [0, 0.05) is 6.61 Å². The number of rotatable bonds is 12. The minimum Gasteiger partial charge on any atom is -0.394 e. The van der Waals surface area contributed by atoms with Gasteiger partial charge >= 0.3 is 0 Å². The third-order valence-electron chi connectivity index (χ3n) is 3.97. The Labute approximate surface area is 133 Å². The molecule has 0 saturated carbocycles.